The van der Waals surface area contributed by atoms with Gasteiger partial charge in [0.2, 0.25) is 0 Å². The summed E-state index contributed by atoms with van der Waals surface area (Å²) in [7, 11) is 0. The number of alkyl halides is 6. The van der Waals surface area contributed by atoms with Gasteiger partial charge in [-0.2, -0.15) is 26.3 Å². The van der Waals surface area contributed by atoms with Crippen LogP contribution < -0.4 is 10.2 Å². The molecule has 1 aliphatic heterocycles. The molecule has 0 bridgehead atoms. The van der Waals surface area contributed by atoms with E-state index in [4.69, 9.17) is 11.6 Å². The number of benzene rings is 2. The van der Waals surface area contributed by atoms with Crippen molar-refractivity contribution in [2.75, 3.05) is 44.2 Å². The topological polar surface area (TPSA) is 35.6 Å². The molecule has 0 atom stereocenters. The number of piperazine rings is 1. The minimum atomic E-state index is -5.00. The van der Waals surface area contributed by atoms with Gasteiger partial charge in [-0.1, -0.05) is 11.6 Å². The Morgan fingerprint density at radius 2 is 1.41 bits per heavy atom. The third kappa shape index (κ3) is 6.29. The number of halogens is 7. The Balaban J connectivity index is 1.54. The Morgan fingerprint density at radius 1 is 0.875 bits per heavy atom. The maximum atomic E-state index is 13.0. The Kier molecular flexibility index (Phi) is 7.24. The molecule has 11 heteroatoms. The van der Waals surface area contributed by atoms with Gasteiger partial charge in [-0.15, -0.1) is 0 Å². The fourth-order valence-corrected chi connectivity index (χ4v) is 3.52. The molecule has 1 saturated heterocycles. The fraction of sp³-hybridized carbons (Fsp3) is 0.381. The monoisotopic (exact) mass is 479 g/mol. The van der Waals surface area contributed by atoms with Crippen LogP contribution in [0.3, 0.4) is 0 Å². The molecule has 1 amide bonds. The van der Waals surface area contributed by atoms with Gasteiger partial charge in [0, 0.05) is 55.5 Å². The molecule has 4 nitrogen and oxygen atoms in total. The van der Waals surface area contributed by atoms with Crippen molar-refractivity contribution in [2.24, 2.45) is 0 Å². The quantitative estimate of drug-likeness (QED) is 0.618. The number of carbonyl (C=O) groups is 1. The minimum Gasteiger partial charge on any atom is -0.369 e. The van der Waals surface area contributed by atoms with Crippen LogP contribution in [0, 0.1) is 0 Å². The van der Waals surface area contributed by atoms with Crippen LogP contribution in [-0.2, 0) is 12.4 Å². The lowest BCUT2D eigenvalue weighted by molar-refractivity contribution is -0.143. The Bertz CT molecular complexity index is 906. The van der Waals surface area contributed by atoms with Crippen LogP contribution in [0.1, 0.15) is 21.5 Å². The summed E-state index contributed by atoms with van der Waals surface area (Å²) >= 11 is 5.89. The molecule has 1 N–H and O–H groups in total. The summed E-state index contributed by atoms with van der Waals surface area (Å²) in [5, 5.41) is 3.05. The van der Waals surface area contributed by atoms with Crippen molar-refractivity contribution in [3.05, 3.63) is 64.2 Å². The van der Waals surface area contributed by atoms with E-state index in [1.54, 1.807) is 12.1 Å². The molecule has 0 aromatic heterocycles. The number of amides is 1. The summed E-state index contributed by atoms with van der Waals surface area (Å²) in [6, 6.07) is 8.29. The summed E-state index contributed by atoms with van der Waals surface area (Å²) in [5.74, 6) is -0.985. The van der Waals surface area contributed by atoms with Crippen molar-refractivity contribution < 1.29 is 31.1 Å². The predicted octanol–water partition coefficient (Wildman–Crippen LogP) is 4.93. The van der Waals surface area contributed by atoms with Gasteiger partial charge >= 0.3 is 12.4 Å². The molecule has 0 aliphatic carbocycles. The molecule has 174 valence electrons. The van der Waals surface area contributed by atoms with Gasteiger partial charge in [0.15, 0.2) is 0 Å². The number of nitrogens with zero attached hydrogens (tertiary/aromatic N) is 2. The van der Waals surface area contributed by atoms with Crippen molar-refractivity contribution in [1.29, 1.82) is 0 Å². The first-order valence-electron chi connectivity index (χ1n) is 9.74. The van der Waals surface area contributed by atoms with Crippen LogP contribution >= 0.6 is 11.6 Å². The third-order valence-corrected chi connectivity index (χ3v) is 5.38. The predicted molar refractivity (Wildman–Crippen MR) is 109 cm³/mol. The molecule has 0 saturated carbocycles. The van der Waals surface area contributed by atoms with Crippen molar-refractivity contribution in [3.63, 3.8) is 0 Å². The summed E-state index contributed by atoms with van der Waals surface area (Å²) in [6.07, 6.45) is -10.00. The van der Waals surface area contributed by atoms with Gasteiger partial charge in [0.1, 0.15) is 0 Å². The van der Waals surface area contributed by atoms with Crippen LogP contribution in [0.15, 0.2) is 42.5 Å². The maximum Gasteiger partial charge on any atom is 0.416 e. The lowest BCUT2D eigenvalue weighted by atomic mass is 10.0. The maximum absolute atomic E-state index is 13.0. The highest BCUT2D eigenvalue weighted by molar-refractivity contribution is 6.30. The van der Waals surface area contributed by atoms with E-state index in [2.05, 4.69) is 15.1 Å². The van der Waals surface area contributed by atoms with E-state index < -0.39 is 35.0 Å². The lowest BCUT2D eigenvalue weighted by Gasteiger charge is -2.36. The molecular weight excluding hydrogens is 460 g/mol. The van der Waals surface area contributed by atoms with E-state index in [0.29, 0.717) is 36.8 Å². The van der Waals surface area contributed by atoms with E-state index in [9.17, 15) is 31.1 Å². The fourth-order valence-electron chi connectivity index (χ4n) is 3.40. The number of rotatable bonds is 5. The van der Waals surface area contributed by atoms with E-state index in [1.165, 1.54) is 0 Å². The first-order chi connectivity index (χ1) is 14.9. The molecule has 1 aliphatic rings. The highest BCUT2D eigenvalue weighted by Crippen LogP contribution is 2.36. The van der Waals surface area contributed by atoms with Crippen molar-refractivity contribution in [2.45, 2.75) is 12.4 Å². The molecule has 32 heavy (non-hydrogen) atoms. The molecular formula is C21H20ClF6N3O. The third-order valence-electron chi connectivity index (χ3n) is 5.13. The van der Waals surface area contributed by atoms with Crippen molar-refractivity contribution in [1.82, 2.24) is 10.2 Å². The van der Waals surface area contributed by atoms with Gasteiger partial charge in [0.05, 0.1) is 11.1 Å². The van der Waals surface area contributed by atoms with Gasteiger partial charge in [-0.3, -0.25) is 9.69 Å². The Hall–Kier alpha value is -2.46. The van der Waals surface area contributed by atoms with Crippen molar-refractivity contribution >= 4 is 23.2 Å². The zero-order valence-electron chi connectivity index (χ0n) is 16.7. The van der Waals surface area contributed by atoms with Gasteiger partial charge in [-0.25, -0.2) is 0 Å². The Labute approximate surface area is 185 Å². The van der Waals surface area contributed by atoms with Gasteiger partial charge < -0.3 is 10.2 Å². The number of carbonyl (C=O) groups excluding carboxylic acids is 1. The van der Waals surface area contributed by atoms with E-state index in [-0.39, 0.29) is 12.6 Å². The second-order valence-corrected chi connectivity index (χ2v) is 7.79. The normalized spacial score (nSPS) is 15.7. The first-order valence-corrected chi connectivity index (χ1v) is 10.1. The summed E-state index contributed by atoms with van der Waals surface area (Å²) in [5.41, 5.74) is -2.68. The van der Waals surface area contributed by atoms with Gasteiger partial charge in [-0.05, 0) is 42.5 Å². The zero-order valence-corrected chi connectivity index (χ0v) is 17.5. The molecule has 2 aromatic rings. The molecule has 1 heterocycles. The van der Waals surface area contributed by atoms with E-state index >= 15 is 0 Å². The van der Waals surface area contributed by atoms with Crippen LogP contribution in [0.25, 0.3) is 0 Å². The van der Waals surface area contributed by atoms with Crippen LogP contribution in [-0.4, -0.2) is 50.1 Å². The second kappa shape index (κ2) is 9.58. The SMILES string of the molecule is O=C(NCCN1CCN(c2ccc(Cl)cc2)CC1)c1cc(C(F)(F)F)cc(C(F)(F)F)c1. The smallest absolute Gasteiger partial charge is 0.369 e. The van der Waals surface area contributed by atoms with E-state index in [0.717, 1.165) is 18.8 Å². The molecule has 3 rings (SSSR count). The largest absolute Gasteiger partial charge is 0.416 e. The summed E-state index contributed by atoms with van der Waals surface area (Å²) in [6.45, 7) is 3.37. The minimum absolute atomic E-state index is 0.00303. The number of anilines is 1. The first kappa shape index (κ1) is 24.2. The number of hydrogen-bond acceptors (Lipinski definition) is 3. The van der Waals surface area contributed by atoms with E-state index in [1.807, 2.05) is 12.1 Å². The highest BCUT2D eigenvalue weighted by Gasteiger charge is 2.37. The van der Waals surface area contributed by atoms with Crippen molar-refractivity contribution in [3.8, 4) is 0 Å². The second-order valence-electron chi connectivity index (χ2n) is 7.36. The summed E-state index contributed by atoms with van der Waals surface area (Å²) < 4.78 is 77.7. The van der Waals surface area contributed by atoms with Gasteiger partial charge in [0.25, 0.3) is 5.91 Å². The van der Waals surface area contributed by atoms with Crippen LogP contribution in [0.2, 0.25) is 5.02 Å². The average Bonchev–Trinajstić information content (AvgIpc) is 2.73. The molecule has 0 radical (unpaired) electrons. The molecule has 2 aromatic carbocycles. The molecule has 1 fully saturated rings. The number of nitrogens with one attached hydrogen (secondary N) is 1. The zero-order chi connectivity index (χ0) is 23.5. The highest BCUT2D eigenvalue weighted by atomic mass is 35.5. The summed E-state index contributed by atoms with van der Waals surface area (Å²) in [4.78, 5) is 16.5. The lowest BCUT2D eigenvalue weighted by Crippen LogP contribution is -2.48. The van der Waals surface area contributed by atoms with Crippen LogP contribution in [0.4, 0.5) is 32.0 Å². The average molecular weight is 480 g/mol. The van der Waals surface area contributed by atoms with Crippen LogP contribution in [0.5, 0.6) is 0 Å². The number of hydrogen-bond donors (Lipinski definition) is 1. The molecule has 0 unspecified atom stereocenters. The molecule has 0 spiro atoms. The Morgan fingerprint density at radius 3 is 1.91 bits per heavy atom. The standard InChI is InChI=1S/C21H20ClF6N3O/c22-17-1-3-18(4-2-17)31-9-7-30(8-10-31)6-5-29-19(32)14-11-15(20(23,24)25)13-16(12-14)21(26,27)28/h1-4,11-13H,5-10H2,(H,29,32).